The Hall–Kier alpha value is -3.36. The number of anilines is 4. The first-order valence-corrected chi connectivity index (χ1v) is 11.3. The van der Waals surface area contributed by atoms with Crippen LogP contribution in [-0.4, -0.2) is 27.6 Å². The van der Waals surface area contributed by atoms with E-state index in [2.05, 4.69) is 25.9 Å². The highest BCUT2D eigenvalue weighted by atomic mass is 35.5. The van der Waals surface area contributed by atoms with Crippen LogP contribution in [0.25, 0.3) is 0 Å². The van der Waals surface area contributed by atoms with Crippen LogP contribution in [-0.2, 0) is 16.0 Å². The third-order valence-corrected chi connectivity index (χ3v) is 4.80. The van der Waals surface area contributed by atoms with Crippen molar-refractivity contribution < 1.29 is 14.3 Å². The summed E-state index contributed by atoms with van der Waals surface area (Å²) in [6.45, 7) is 5.36. The highest BCUT2D eigenvalue weighted by molar-refractivity contribution is 6.33. The van der Waals surface area contributed by atoms with Gasteiger partial charge < -0.3 is 15.4 Å². The molecular weight excluding hydrogens is 477 g/mol. The molecule has 0 aliphatic carbocycles. The number of amides is 2. The normalized spacial score (nSPS) is 11.0. The Kier molecular flexibility index (Phi) is 8.31. The number of halogens is 2. The maximum absolute atomic E-state index is 12.5. The molecule has 2 aromatic carbocycles. The second-order valence-corrected chi connectivity index (χ2v) is 9.16. The van der Waals surface area contributed by atoms with Crippen LogP contribution >= 0.6 is 23.2 Å². The van der Waals surface area contributed by atoms with Gasteiger partial charge in [0.05, 0.1) is 6.20 Å². The summed E-state index contributed by atoms with van der Waals surface area (Å²) in [4.78, 5) is 32.3. The van der Waals surface area contributed by atoms with Crippen molar-refractivity contribution >= 4 is 58.1 Å². The number of benzene rings is 2. The first kappa shape index (κ1) is 25.3. The molecule has 0 atom stereocenters. The van der Waals surface area contributed by atoms with E-state index in [1.807, 2.05) is 24.3 Å². The van der Waals surface area contributed by atoms with Crippen LogP contribution < -0.4 is 16.0 Å². The van der Waals surface area contributed by atoms with Crippen molar-refractivity contribution in [3.8, 4) is 0 Å². The smallest absolute Gasteiger partial charge is 0.412 e. The van der Waals surface area contributed by atoms with Crippen LogP contribution in [0.5, 0.6) is 0 Å². The molecule has 3 aromatic rings. The SMILES string of the molecule is CC(C)(C)OC(=O)Nc1cccc(NC(=O)CCc2cccc(Nc3nc(Cl)ncc3Cl)c2)c1. The average molecular weight is 502 g/mol. The van der Waals surface area contributed by atoms with Gasteiger partial charge in [-0.05, 0) is 74.7 Å². The second-order valence-electron chi connectivity index (χ2n) is 8.42. The van der Waals surface area contributed by atoms with E-state index >= 15 is 0 Å². The maximum Gasteiger partial charge on any atom is 0.412 e. The number of nitrogens with zero attached hydrogens (tertiary/aromatic N) is 2. The lowest BCUT2D eigenvalue weighted by Crippen LogP contribution is -2.27. The van der Waals surface area contributed by atoms with Gasteiger partial charge >= 0.3 is 6.09 Å². The van der Waals surface area contributed by atoms with Crippen molar-refractivity contribution in [3.05, 3.63) is 70.6 Å². The fourth-order valence-corrected chi connectivity index (χ4v) is 3.22. The summed E-state index contributed by atoms with van der Waals surface area (Å²) in [7, 11) is 0. The van der Waals surface area contributed by atoms with Gasteiger partial charge in [-0.25, -0.2) is 9.78 Å². The van der Waals surface area contributed by atoms with Gasteiger partial charge in [0.2, 0.25) is 11.2 Å². The number of carbonyl (C=O) groups excluding carboxylic acids is 2. The van der Waals surface area contributed by atoms with Crippen LogP contribution in [0, 0.1) is 0 Å². The zero-order valence-corrected chi connectivity index (χ0v) is 20.5. The predicted molar refractivity (Wildman–Crippen MR) is 135 cm³/mol. The largest absolute Gasteiger partial charge is 0.444 e. The highest BCUT2D eigenvalue weighted by Crippen LogP contribution is 2.24. The fourth-order valence-electron chi connectivity index (χ4n) is 2.95. The molecule has 0 aliphatic heterocycles. The minimum absolute atomic E-state index is 0.0880. The molecule has 0 spiro atoms. The van der Waals surface area contributed by atoms with Gasteiger partial charge in [-0.1, -0.05) is 29.8 Å². The number of aryl methyl sites for hydroxylation is 1. The van der Waals surface area contributed by atoms with Crippen molar-refractivity contribution in [2.45, 2.75) is 39.2 Å². The maximum atomic E-state index is 12.5. The molecular formula is C24H25Cl2N5O3. The van der Waals surface area contributed by atoms with E-state index in [1.54, 1.807) is 45.0 Å². The van der Waals surface area contributed by atoms with Crippen molar-refractivity contribution in [1.29, 1.82) is 0 Å². The quantitative estimate of drug-likeness (QED) is 0.321. The Morgan fingerprint density at radius 1 is 0.971 bits per heavy atom. The molecule has 0 radical (unpaired) electrons. The minimum atomic E-state index is -0.600. The summed E-state index contributed by atoms with van der Waals surface area (Å²) < 4.78 is 5.25. The summed E-state index contributed by atoms with van der Waals surface area (Å²) in [5, 5.41) is 9.04. The molecule has 8 nitrogen and oxygen atoms in total. The number of ether oxygens (including phenoxy) is 1. The van der Waals surface area contributed by atoms with Gasteiger partial charge in [-0.3, -0.25) is 10.1 Å². The lowest BCUT2D eigenvalue weighted by atomic mass is 10.1. The summed E-state index contributed by atoms with van der Waals surface area (Å²) >= 11 is 11.9. The third kappa shape index (κ3) is 8.20. The molecule has 3 rings (SSSR count). The molecule has 34 heavy (non-hydrogen) atoms. The monoisotopic (exact) mass is 501 g/mol. The zero-order valence-electron chi connectivity index (χ0n) is 19.0. The van der Waals surface area contributed by atoms with Crippen molar-refractivity contribution in [2.75, 3.05) is 16.0 Å². The molecule has 1 heterocycles. The minimum Gasteiger partial charge on any atom is -0.444 e. The van der Waals surface area contributed by atoms with Gasteiger partial charge in [0.1, 0.15) is 10.6 Å². The number of nitrogens with one attached hydrogen (secondary N) is 3. The molecule has 0 bridgehead atoms. The van der Waals surface area contributed by atoms with Gasteiger partial charge in [-0.15, -0.1) is 0 Å². The highest BCUT2D eigenvalue weighted by Gasteiger charge is 2.16. The van der Waals surface area contributed by atoms with E-state index in [1.165, 1.54) is 6.20 Å². The second kappa shape index (κ2) is 11.2. The van der Waals surface area contributed by atoms with Gasteiger partial charge in [0.25, 0.3) is 0 Å². The Morgan fingerprint density at radius 2 is 1.65 bits per heavy atom. The molecule has 3 N–H and O–H groups in total. The lowest BCUT2D eigenvalue weighted by molar-refractivity contribution is -0.116. The van der Waals surface area contributed by atoms with Crippen LogP contribution in [0.4, 0.5) is 27.7 Å². The molecule has 0 fully saturated rings. The fraction of sp³-hybridized carbons (Fsp3) is 0.250. The van der Waals surface area contributed by atoms with Crippen LogP contribution in [0.3, 0.4) is 0 Å². The van der Waals surface area contributed by atoms with E-state index in [0.29, 0.717) is 28.6 Å². The number of hydrogen-bond acceptors (Lipinski definition) is 6. The first-order valence-electron chi connectivity index (χ1n) is 10.5. The molecule has 0 unspecified atom stereocenters. The molecule has 0 saturated carbocycles. The summed E-state index contributed by atoms with van der Waals surface area (Å²) in [5.41, 5.74) is 2.21. The molecule has 0 aliphatic rings. The van der Waals surface area contributed by atoms with E-state index in [4.69, 9.17) is 27.9 Å². The Bertz CT molecular complexity index is 1180. The molecule has 1 aromatic heterocycles. The summed E-state index contributed by atoms with van der Waals surface area (Å²) in [6, 6.07) is 14.4. The van der Waals surface area contributed by atoms with Gasteiger partial charge in [0.15, 0.2) is 5.82 Å². The third-order valence-electron chi connectivity index (χ3n) is 4.34. The number of carbonyl (C=O) groups is 2. The lowest BCUT2D eigenvalue weighted by Gasteiger charge is -2.19. The van der Waals surface area contributed by atoms with E-state index in [0.717, 1.165) is 11.3 Å². The number of rotatable bonds is 7. The first-order chi connectivity index (χ1) is 16.1. The van der Waals surface area contributed by atoms with Gasteiger partial charge in [0, 0.05) is 23.5 Å². The topological polar surface area (TPSA) is 105 Å². The molecule has 178 valence electrons. The summed E-state index contributed by atoms with van der Waals surface area (Å²) in [6.07, 6.45) is 1.66. The zero-order chi connectivity index (χ0) is 24.7. The Morgan fingerprint density at radius 3 is 2.38 bits per heavy atom. The van der Waals surface area contributed by atoms with Crippen molar-refractivity contribution in [3.63, 3.8) is 0 Å². The standard InChI is InChI=1S/C24H25Cl2N5O3/c1-24(2,3)34-23(33)30-18-9-5-8-17(13-18)28-20(32)11-10-15-6-4-7-16(12-15)29-21-19(25)14-27-22(26)31-21/h4-9,12-14H,10-11H2,1-3H3,(H,28,32)(H,30,33)(H,27,29,31). The summed E-state index contributed by atoms with van der Waals surface area (Å²) in [5.74, 6) is 0.245. The number of hydrogen-bond donors (Lipinski definition) is 3. The Labute approximate surface area is 208 Å². The van der Waals surface area contributed by atoms with Crippen LogP contribution in [0.15, 0.2) is 54.7 Å². The Balaban J connectivity index is 1.55. The molecule has 0 saturated heterocycles. The molecule has 2 amide bonds. The van der Waals surface area contributed by atoms with Crippen molar-refractivity contribution in [2.24, 2.45) is 0 Å². The number of aromatic nitrogens is 2. The van der Waals surface area contributed by atoms with Crippen LogP contribution in [0.2, 0.25) is 10.3 Å². The average Bonchev–Trinajstić information content (AvgIpc) is 2.74. The van der Waals surface area contributed by atoms with E-state index < -0.39 is 11.7 Å². The van der Waals surface area contributed by atoms with E-state index in [-0.39, 0.29) is 17.6 Å². The van der Waals surface area contributed by atoms with Crippen molar-refractivity contribution in [1.82, 2.24) is 9.97 Å². The van der Waals surface area contributed by atoms with E-state index in [9.17, 15) is 9.59 Å². The van der Waals surface area contributed by atoms with Gasteiger partial charge in [-0.2, -0.15) is 4.98 Å². The molecule has 10 heteroatoms. The predicted octanol–water partition coefficient (Wildman–Crippen LogP) is 6.45. The van der Waals surface area contributed by atoms with Crippen LogP contribution in [0.1, 0.15) is 32.8 Å².